The summed E-state index contributed by atoms with van der Waals surface area (Å²) < 4.78 is 54.1. The molecule has 0 aromatic rings. The molecule has 0 spiro atoms. The topological polar surface area (TPSA) is 48.2 Å². The molecule has 1 radical (unpaired) electrons. The monoisotopic (exact) mass is 162 g/mol. The molecule has 0 unspecified atom stereocenters. The van der Waals surface area contributed by atoms with E-state index in [1.165, 1.54) is 4.72 Å². The van der Waals surface area contributed by atoms with E-state index in [0.29, 0.717) is 6.26 Å². The van der Waals surface area contributed by atoms with Crippen molar-refractivity contribution in [3.63, 3.8) is 0 Å². The molecule has 55 valence electrons. The van der Waals surface area contributed by atoms with E-state index in [1.807, 2.05) is 0 Å². The van der Waals surface area contributed by atoms with Crippen LogP contribution >= 0.6 is 0 Å². The average Bonchev–Trinajstić information content (AvgIpc) is 1.14. The van der Waals surface area contributed by atoms with E-state index < -0.39 is 16.3 Å². The summed E-state index contributed by atoms with van der Waals surface area (Å²) in [4.78, 5) is 0. The van der Waals surface area contributed by atoms with E-state index in [2.05, 4.69) is 0 Å². The summed E-state index contributed by atoms with van der Waals surface area (Å²) in [6, 6.07) is 0. The Morgan fingerprint density at radius 2 is 1.67 bits per heavy atom. The number of hydrogen-bond donors (Lipinski definition) is 0. The second-order valence-electron chi connectivity index (χ2n) is 1.29. The molecule has 9 heavy (non-hydrogen) atoms. The summed E-state index contributed by atoms with van der Waals surface area (Å²) >= 11 is 0. The molecular weight excluding hydrogens is 159 g/mol. The normalized spacial score (nSPS) is 13.8. The van der Waals surface area contributed by atoms with Crippen molar-refractivity contribution in [2.45, 2.75) is 6.30 Å². The standard InChI is InChI=1S/C2H3F3NO2S/c1-9(7,8)6-2(3,4)5/h1H3. The molecule has 0 N–H and O–H groups in total. The Kier molecular flexibility index (Phi) is 2.07. The van der Waals surface area contributed by atoms with Crippen LogP contribution in [0.2, 0.25) is 0 Å². The minimum atomic E-state index is -4.98. The predicted molar refractivity (Wildman–Crippen MR) is 23.0 cm³/mol. The number of alkyl halides is 3. The van der Waals surface area contributed by atoms with Crippen molar-refractivity contribution in [2.75, 3.05) is 6.26 Å². The van der Waals surface area contributed by atoms with E-state index in [-0.39, 0.29) is 0 Å². The third-order valence-electron chi connectivity index (χ3n) is 0.269. The van der Waals surface area contributed by atoms with Crippen LogP contribution in [0.1, 0.15) is 0 Å². The minimum absolute atomic E-state index is 0.375. The van der Waals surface area contributed by atoms with Gasteiger partial charge in [0.25, 0.3) is 0 Å². The first kappa shape index (κ1) is 8.70. The fraction of sp³-hybridized carbons (Fsp3) is 1.00. The highest BCUT2D eigenvalue weighted by Gasteiger charge is 2.34. The summed E-state index contributed by atoms with van der Waals surface area (Å²) in [6.07, 6.45) is -4.60. The maximum absolute atomic E-state index is 11.0. The van der Waals surface area contributed by atoms with Crippen LogP contribution in [-0.4, -0.2) is 21.0 Å². The molecule has 0 aliphatic heterocycles. The van der Waals surface area contributed by atoms with Gasteiger partial charge in [0.2, 0.25) is 10.0 Å². The lowest BCUT2D eigenvalue weighted by Crippen LogP contribution is -2.28. The highest BCUT2D eigenvalue weighted by atomic mass is 32.2. The third kappa shape index (κ3) is 7.70. The molecule has 0 aliphatic carbocycles. The second-order valence-corrected chi connectivity index (χ2v) is 2.94. The zero-order chi connectivity index (χ0) is 7.71. The molecule has 0 aromatic heterocycles. The maximum atomic E-state index is 11.0. The number of halogens is 3. The van der Waals surface area contributed by atoms with Crippen molar-refractivity contribution in [3.05, 3.63) is 0 Å². The SMILES string of the molecule is CS(=O)(=O)[N]C(F)(F)F. The molecule has 0 saturated heterocycles. The molecule has 0 heterocycles. The first-order chi connectivity index (χ1) is 3.71. The van der Waals surface area contributed by atoms with Gasteiger partial charge >= 0.3 is 6.30 Å². The molecule has 0 rings (SSSR count). The van der Waals surface area contributed by atoms with Crippen LogP contribution in [0, 0.1) is 0 Å². The van der Waals surface area contributed by atoms with Crippen molar-refractivity contribution >= 4 is 10.0 Å². The lowest BCUT2D eigenvalue weighted by molar-refractivity contribution is -0.140. The van der Waals surface area contributed by atoms with Crippen LogP contribution < -0.4 is 4.72 Å². The largest absolute Gasteiger partial charge is 0.488 e. The Morgan fingerprint density at radius 1 is 1.33 bits per heavy atom. The lowest BCUT2D eigenvalue weighted by atomic mass is 11.3. The zero-order valence-corrected chi connectivity index (χ0v) is 5.12. The summed E-state index contributed by atoms with van der Waals surface area (Å²) in [5, 5.41) is 0. The quantitative estimate of drug-likeness (QED) is 0.512. The van der Waals surface area contributed by atoms with E-state index in [1.54, 1.807) is 0 Å². The number of sulfonamides is 1. The van der Waals surface area contributed by atoms with Crippen LogP contribution in [-0.2, 0) is 10.0 Å². The van der Waals surface area contributed by atoms with Gasteiger partial charge in [-0.15, -0.1) is 0 Å². The molecule has 0 saturated carbocycles. The smallest absolute Gasteiger partial charge is 0.211 e. The van der Waals surface area contributed by atoms with Gasteiger partial charge in [-0.2, -0.15) is 13.2 Å². The molecule has 0 fully saturated rings. The van der Waals surface area contributed by atoms with Gasteiger partial charge in [-0.3, -0.25) is 0 Å². The first-order valence-corrected chi connectivity index (χ1v) is 3.56. The van der Waals surface area contributed by atoms with Crippen molar-refractivity contribution in [1.82, 2.24) is 4.72 Å². The molecule has 0 aliphatic rings. The van der Waals surface area contributed by atoms with E-state index in [4.69, 9.17) is 0 Å². The van der Waals surface area contributed by atoms with Gasteiger partial charge in [0.15, 0.2) is 0 Å². The van der Waals surface area contributed by atoms with Crippen molar-refractivity contribution in [2.24, 2.45) is 0 Å². The van der Waals surface area contributed by atoms with Gasteiger partial charge in [-0.25, -0.2) is 8.42 Å². The Morgan fingerprint density at radius 3 is 1.67 bits per heavy atom. The van der Waals surface area contributed by atoms with Crippen molar-refractivity contribution in [3.8, 4) is 0 Å². The fourth-order valence-electron chi connectivity index (χ4n) is 0.188. The number of hydrogen-bond acceptors (Lipinski definition) is 2. The van der Waals surface area contributed by atoms with Crippen LogP contribution in [0.25, 0.3) is 0 Å². The van der Waals surface area contributed by atoms with E-state index in [0.717, 1.165) is 0 Å². The Hall–Kier alpha value is -0.300. The number of rotatable bonds is 1. The van der Waals surface area contributed by atoms with Crippen LogP contribution in [0.15, 0.2) is 0 Å². The molecule has 0 atom stereocenters. The molecule has 0 aromatic carbocycles. The summed E-state index contributed by atoms with van der Waals surface area (Å²) in [6.45, 7) is 0. The molecular formula is C2H3F3NO2S. The van der Waals surface area contributed by atoms with Gasteiger partial charge in [-0.1, -0.05) is 0 Å². The van der Waals surface area contributed by atoms with Crippen LogP contribution in [0.3, 0.4) is 0 Å². The Bertz CT molecular complexity index is 180. The van der Waals surface area contributed by atoms with Crippen molar-refractivity contribution < 1.29 is 21.6 Å². The molecule has 7 heteroatoms. The van der Waals surface area contributed by atoms with Crippen LogP contribution in [0.4, 0.5) is 13.2 Å². The summed E-state index contributed by atoms with van der Waals surface area (Å²) in [7, 11) is -4.28. The highest BCUT2D eigenvalue weighted by Crippen LogP contribution is 2.12. The highest BCUT2D eigenvalue weighted by molar-refractivity contribution is 7.88. The Labute approximate surface area is 49.9 Å². The first-order valence-electron chi connectivity index (χ1n) is 1.71. The third-order valence-corrected chi connectivity index (χ3v) is 0.808. The number of nitrogens with zero attached hydrogens (tertiary/aromatic N) is 1. The lowest BCUT2D eigenvalue weighted by Gasteiger charge is -2.00. The maximum Gasteiger partial charge on any atom is 0.488 e. The molecule has 3 nitrogen and oxygen atoms in total. The second kappa shape index (κ2) is 2.14. The van der Waals surface area contributed by atoms with Crippen molar-refractivity contribution in [1.29, 1.82) is 0 Å². The van der Waals surface area contributed by atoms with Gasteiger partial charge in [-0.05, 0) is 4.72 Å². The summed E-state index contributed by atoms with van der Waals surface area (Å²) in [5.41, 5.74) is 0. The predicted octanol–water partition coefficient (Wildman–Crippen LogP) is 0.0702. The average molecular weight is 162 g/mol. The molecule has 0 bridgehead atoms. The molecule has 0 amide bonds. The fourth-order valence-corrected chi connectivity index (χ4v) is 0.564. The zero-order valence-electron chi connectivity index (χ0n) is 4.31. The van der Waals surface area contributed by atoms with Gasteiger partial charge < -0.3 is 0 Å². The van der Waals surface area contributed by atoms with Gasteiger partial charge in [0.1, 0.15) is 0 Å². The summed E-state index contributed by atoms with van der Waals surface area (Å²) in [5.74, 6) is 0. The van der Waals surface area contributed by atoms with E-state index in [9.17, 15) is 21.6 Å². The minimum Gasteiger partial charge on any atom is -0.211 e. The van der Waals surface area contributed by atoms with Crippen LogP contribution in [0.5, 0.6) is 0 Å². The van der Waals surface area contributed by atoms with E-state index >= 15 is 0 Å². The van der Waals surface area contributed by atoms with Gasteiger partial charge in [0.05, 0.1) is 6.26 Å². The van der Waals surface area contributed by atoms with Gasteiger partial charge in [0, 0.05) is 0 Å². The Balaban J connectivity index is 4.07.